The molecule has 0 bridgehead atoms. The van der Waals surface area contributed by atoms with Gasteiger partial charge in [0.2, 0.25) is 0 Å². The molecule has 0 heterocycles. The lowest BCUT2D eigenvalue weighted by Gasteiger charge is -1.24. The first-order valence-corrected chi connectivity index (χ1v) is 1.15. The molecule has 21 valence electrons. The molecular formula is HBO2P. The van der Waals surface area contributed by atoms with E-state index < -0.39 is 8.69 Å². The summed E-state index contributed by atoms with van der Waals surface area (Å²) in [5, 5.41) is 0. The van der Waals surface area contributed by atoms with E-state index in [1.807, 2.05) is 0 Å². The molecule has 1 N–H and O–H groups in total. The highest BCUT2D eigenvalue weighted by Crippen LogP contribution is 1.66. The second-order valence-electron chi connectivity index (χ2n) is 0.0816. The number of hydrogen-bond donors (Lipinski definition) is 1. The van der Waals surface area contributed by atoms with Crippen molar-refractivity contribution in [1.82, 2.24) is 0 Å². The standard InChI is InChI=1S/B.HO2P/c;1-3-2/h;(H,1,2). The van der Waals surface area contributed by atoms with Gasteiger partial charge in [0.15, 0.2) is 0 Å². The van der Waals surface area contributed by atoms with Gasteiger partial charge in [-0.3, -0.25) is 0 Å². The van der Waals surface area contributed by atoms with Crippen LogP contribution in [0.25, 0.3) is 0 Å². The van der Waals surface area contributed by atoms with Crippen LogP contribution < -0.4 is 0 Å². The van der Waals surface area contributed by atoms with Crippen LogP contribution in [0.2, 0.25) is 0 Å². The molecule has 0 fully saturated rings. The third kappa shape index (κ3) is 172. The summed E-state index contributed by atoms with van der Waals surface area (Å²) in [5.41, 5.74) is 0. The molecule has 0 unspecified atom stereocenters. The van der Waals surface area contributed by atoms with Crippen molar-refractivity contribution >= 4 is 17.1 Å². The largest absolute Gasteiger partial charge is 0.324 e. The van der Waals surface area contributed by atoms with Gasteiger partial charge in [0.25, 0.3) is 0 Å². The molecule has 3 radical (unpaired) electrons. The Morgan fingerprint density at radius 3 is 1.75 bits per heavy atom. The van der Waals surface area contributed by atoms with E-state index in [-0.39, 0.29) is 8.41 Å². The van der Waals surface area contributed by atoms with E-state index in [0.717, 1.165) is 0 Å². The van der Waals surface area contributed by atoms with Gasteiger partial charge >= 0.3 is 8.69 Å². The third-order valence-corrected chi connectivity index (χ3v) is 0. The Balaban J connectivity index is 0. The summed E-state index contributed by atoms with van der Waals surface area (Å²) < 4.78 is 8.46. The highest BCUT2D eigenvalue weighted by atomic mass is 31.1. The zero-order chi connectivity index (χ0) is 2.71. The topological polar surface area (TPSA) is 37.3 Å². The molecule has 2 nitrogen and oxygen atoms in total. The van der Waals surface area contributed by atoms with E-state index in [1.54, 1.807) is 0 Å². The molecule has 0 amide bonds. The fourth-order valence-corrected chi connectivity index (χ4v) is 0. The van der Waals surface area contributed by atoms with Crippen molar-refractivity contribution in [3.05, 3.63) is 0 Å². The molecule has 4 heteroatoms. The Hall–Kier alpha value is 0.125. The van der Waals surface area contributed by atoms with Gasteiger partial charge in [-0.2, -0.15) is 0 Å². The van der Waals surface area contributed by atoms with E-state index in [9.17, 15) is 0 Å². The number of hydrogen-bond acceptors (Lipinski definition) is 1. The smallest absolute Gasteiger partial charge is 0.310 e. The average Bonchev–Trinajstić information content (AvgIpc) is 0.918. The van der Waals surface area contributed by atoms with Gasteiger partial charge in [-0.15, -0.1) is 0 Å². The van der Waals surface area contributed by atoms with Crippen LogP contribution in [0.1, 0.15) is 0 Å². The predicted octanol–water partition coefficient (Wildman–Crippen LogP) is -0.195. The summed E-state index contributed by atoms with van der Waals surface area (Å²) >= 11 is 0. The maximum Gasteiger partial charge on any atom is 0.324 e. The van der Waals surface area contributed by atoms with Crippen molar-refractivity contribution in [2.45, 2.75) is 0 Å². The zero-order valence-electron chi connectivity index (χ0n) is 1.88. The van der Waals surface area contributed by atoms with Gasteiger partial charge in [0, 0.05) is 8.41 Å². The van der Waals surface area contributed by atoms with Gasteiger partial charge in [-0.25, -0.2) is 4.57 Å². The van der Waals surface area contributed by atoms with E-state index in [0.29, 0.717) is 0 Å². The first-order valence-electron chi connectivity index (χ1n) is 0.383. The lowest BCUT2D eigenvalue weighted by atomic mass is 10.8. The molecular weight excluding hydrogens is 73.8 g/mol. The Kier molecular flexibility index (Phi) is 24.9. The zero-order valence-corrected chi connectivity index (χ0v) is 2.77. The molecule has 0 atom stereocenters. The van der Waals surface area contributed by atoms with Crippen LogP contribution in [0.15, 0.2) is 0 Å². The summed E-state index contributed by atoms with van der Waals surface area (Å²) in [6, 6.07) is 0. The summed E-state index contributed by atoms with van der Waals surface area (Å²) in [6.07, 6.45) is 0. The van der Waals surface area contributed by atoms with Crippen molar-refractivity contribution in [2.24, 2.45) is 0 Å². The summed E-state index contributed by atoms with van der Waals surface area (Å²) in [6.45, 7) is 0. The first-order chi connectivity index (χ1) is 1.41. The van der Waals surface area contributed by atoms with Crippen molar-refractivity contribution < 1.29 is 9.46 Å². The highest BCUT2D eigenvalue weighted by Gasteiger charge is 1.28. The molecule has 0 saturated heterocycles. The van der Waals surface area contributed by atoms with E-state index in [1.165, 1.54) is 0 Å². The summed E-state index contributed by atoms with van der Waals surface area (Å²) in [5.74, 6) is 0. The van der Waals surface area contributed by atoms with E-state index in [2.05, 4.69) is 0 Å². The third-order valence-electron chi connectivity index (χ3n) is 0. The lowest BCUT2D eigenvalue weighted by molar-refractivity contribution is 0.524. The fraction of sp³-hybridized carbons (Fsp3) is 0. The minimum atomic E-state index is -0.833. The summed E-state index contributed by atoms with van der Waals surface area (Å²) in [7, 11) is -0.833. The second-order valence-corrected chi connectivity index (χ2v) is 0.245. The van der Waals surface area contributed by atoms with Gasteiger partial charge < -0.3 is 4.89 Å². The molecule has 0 rings (SSSR count). The van der Waals surface area contributed by atoms with Crippen molar-refractivity contribution in [3.8, 4) is 0 Å². The SMILES string of the molecule is O=PO.[B]. The first kappa shape index (κ1) is 8.92. The lowest BCUT2D eigenvalue weighted by Crippen LogP contribution is -1.03. The monoisotopic (exact) mass is 75.0 g/mol. The maximum absolute atomic E-state index is 8.46. The molecule has 0 aromatic carbocycles. The van der Waals surface area contributed by atoms with Crippen LogP contribution in [-0.4, -0.2) is 13.3 Å². The van der Waals surface area contributed by atoms with Crippen LogP contribution >= 0.6 is 8.69 Å². The maximum atomic E-state index is 8.46. The van der Waals surface area contributed by atoms with Crippen LogP contribution in [0, 0.1) is 0 Å². The average molecular weight is 74.8 g/mol. The van der Waals surface area contributed by atoms with Crippen molar-refractivity contribution in [3.63, 3.8) is 0 Å². The van der Waals surface area contributed by atoms with Crippen LogP contribution in [-0.2, 0) is 4.57 Å². The molecule has 0 aliphatic carbocycles. The fourth-order valence-electron chi connectivity index (χ4n) is 0. The van der Waals surface area contributed by atoms with Crippen molar-refractivity contribution in [2.75, 3.05) is 0 Å². The highest BCUT2D eigenvalue weighted by molar-refractivity contribution is 7.16. The Morgan fingerprint density at radius 2 is 1.75 bits per heavy atom. The second kappa shape index (κ2) is 11.2. The molecule has 0 aromatic heterocycles. The molecule has 0 aromatic rings. The summed E-state index contributed by atoms with van der Waals surface area (Å²) in [4.78, 5) is 6.99. The molecule has 0 spiro atoms. The van der Waals surface area contributed by atoms with Crippen LogP contribution in [0.5, 0.6) is 0 Å². The van der Waals surface area contributed by atoms with Gasteiger partial charge in [-0.1, -0.05) is 0 Å². The molecule has 0 saturated carbocycles. The molecule has 0 aliphatic heterocycles. The van der Waals surface area contributed by atoms with Gasteiger partial charge in [0.05, 0.1) is 0 Å². The van der Waals surface area contributed by atoms with Gasteiger partial charge in [-0.05, 0) is 0 Å². The quantitative estimate of drug-likeness (QED) is 0.320. The van der Waals surface area contributed by atoms with Crippen molar-refractivity contribution in [1.29, 1.82) is 0 Å². The Bertz CT molecular complexity index is 13.5. The Labute approximate surface area is 27.7 Å². The van der Waals surface area contributed by atoms with E-state index in [4.69, 9.17) is 9.46 Å². The van der Waals surface area contributed by atoms with Crippen LogP contribution in [0.4, 0.5) is 0 Å². The molecule has 0 aliphatic rings. The molecule has 4 heavy (non-hydrogen) atoms. The Morgan fingerprint density at radius 1 is 1.75 bits per heavy atom. The van der Waals surface area contributed by atoms with Gasteiger partial charge in [0.1, 0.15) is 0 Å². The predicted molar refractivity (Wildman–Crippen MR) is 15.6 cm³/mol. The normalized spacial score (nSPS) is 5.25. The minimum absolute atomic E-state index is 0. The van der Waals surface area contributed by atoms with Crippen LogP contribution in [0.3, 0.4) is 0 Å². The number of rotatable bonds is 0. The van der Waals surface area contributed by atoms with E-state index >= 15 is 0 Å². The minimum Gasteiger partial charge on any atom is -0.310 e.